The topological polar surface area (TPSA) is 73.6 Å². The number of hydrogen-bond donors (Lipinski definition) is 1. The van der Waals surface area contributed by atoms with Crippen molar-refractivity contribution in [1.29, 1.82) is 0 Å². The third kappa shape index (κ3) is 4.64. The van der Waals surface area contributed by atoms with Crippen LogP contribution in [-0.2, 0) is 13.0 Å². The average Bonchev–Trinajstić information content (AvgIpc) is 3.33. The predicted octanol–water partition coefficient (Wildman–Crippen LogP) is 3.68. The zero-order chi connectivity index (χ0) is 18.4. The summed E-state index contributed by atoms with van der Waals surface area (Å²) in [5.74, 6) is 1.74. The molecule has 0 radical (unpaired) electrons. The minimum atomic E-state index is -0.173. The second-order valence-electron chi connectivity index (χ2n) is 5.79. The van der Waals surface area contributed by atoms with E-state index in [1.54, 1.807) is 37.1 Å². The molecule has 1 amide bonds. The van der Waals surface area contributed by atoms with Crippen LogP contribution in [0.4, 0.5) is 0 Å². The van der Waals surface area contributed by atoms with Crippen LogP contribution >= 0.6 is 11.3 Å². The Morgan fingerprint density at radius 1 is 1.35 bits per heavy atom. The van der Waals surface area contributed by atoms with Crippen LogP contribution in [0.3, 0.4) is 0 Å². The van der Waals surface area contributed by atoms with Crippen molar-refractivity contribution in [1.82, 2.24) is 10.3 Å². The minimum absolute atomic E-state index is 0.0553. The molecule has 26 heavy (non-hydrogen) atoms. The van der Waals surface area contributed by atoms with Gasteiger partial charge in [0.2, 0.25) is 0 Å². The Labute approximate surface area is 155 Å². The first-order valence-electron chi connectivity index (χ1n) is 8.17. The van der Waals surface area contributed by atoms with E-state index in [-0.39, 0.29) is 11.9 Å². The van der Waals surface area contributed by atoms with Gasteiger partial charge in [-0.2, -0.15) is 0 Å². The van der Waals surface area contributed by atoms with Gasteiger partial charge in [0, 0.05) is 23.4 Å². The number of thiazole rings is 1. The molecule has 0 spiro atoms. The van der Waals surface area contributed by atoms with E-state index in [1.807, 2.05) is 24.4 Å². The molecule has 136 valence electrons. The Balaban J connectivity index is 1.62. The molecule has 0 aliphatic rings. The molecule has 0 bridgehead atoms. The van der Waals surface area contributed by atoms with Crippen LogP contribution < -0.4 is 14.8 Å². The third-order valence-corrected chi connectivity index (χ3v) is 4.39. The number of aromatic nitrogens is 1. The highest BCUT2D eigenvalue weighted by molar-refractivity contribution is 7.07. The number of carbonyl (C=O) groups is 1. The fourth-order valence-corrected chi connectivity index (χ4v) is 3.02. The number of hydrogen-bond acceptors (Lipinski definition) is 6. The summed E-state index contributed by atoms with van der Waals surface area (Å²) in [5.41, 5.74) is 3.12. The van der Waals surface area contributed by atoms with Crippen molar-refractivity contribution in [3.05, 3.63) is 64.5 Å². The Hall–Kier alpha value is -2.80. The fourth-order valence-electron chi connectivity index (χ4n) is 2.48. The number of carbonyl (C=O) groups excluding carboxylic acids is 1. The maximum atomic E-state index is 12.5. The van der Waals surface area contributed by atoms with Crippen molar-refractivity contribution in [2.75, 3.05) is 7.11 Å². The average molecular weight is 372 g/mol. The normalized spacial score (nSPS) is 11.8. The highest BCUT2D eigenvalue weighted by Gasteiger charge is 2.14. The summed E-state index contributed by atoms with van der Waals surface area (Å²) in [6.45, 7) is 2.29. The van der Waals surface area contributed by atoms with Gasteiger partial charge in [0.1, 0.15) is 12.4 Å². The number of benzene rings is 1. The van der Waals surface area contributed by atoms with Gasteiger partial charge in [0.05, 0.1) is 24.6 Å². The van der Waals surface area contributed by atoms with Crippen LogP contribution in [-0.4, -0.2) is 24.0 Å². The Morgan fingerprint density at radius 3 is 2.92 bits per heavy atom. The lowest BCUT2D eigenvalue weighted by atomic mass is 10.1. The van der Waals surface area contributed by atoms with Gasteiger partial charge in [0.25, 0.3) is 5.91 Å². The highest BCUT2D eigenvalue weighted by atomic mass is 32.1. The van der Waals surface area contributed by atoms with Crippen molar-refractivity contribution in [2.24, 2.45) is 0 Å². The summed E-state index contributed by atoms with van der Waals surface area (Å²) in [5, 5.41) is 4.88. The first kappa shape index (κ1) is 18.0. The molecule has 1 atom stereocenters. The van der Waals surface area contributed by atoms with Crippen LogP contribution in [0.5, 0.6) is 11.5 Å². The number of furan rings is 1. The van der Waals surface area contributed by atoms with E-state index in [9.17, 15) is 4.79 Å². The second kappa shape index (κ2) is 8.53. The number of methoxy groups -OCH3 is 1. The smallest absolute Gasteiger partial charge is 0.251 e. The van der Waals surface area contributed by atoms with Gasteiger partial charge in [-0.1, -0.05) is 0 Å². The van der Waals surface area contributed by atoms with Crippen molar-refractivity contribution in [3.63, 3.8) is 0 Å². The number of amides is 1. The van der Waals surface area contributed by atoms with E-state index < -0.39 is 0 Å². The summed E-state index contributed by atoms with van der Waals surface area (Å²) >= 11 is 1.52. The number of nitrogens with zero attached hydrogens (tertiary/aromatic N) is 1. The van der Waals surface area contributed by atoms with E-state index in [2.05, 4.69) is 10.3 Å². The van der Waals surface area contributed by atoms with Crippen LogP contribution in [0.1, 0.15) is 28.7 Å². The van der Waals surface area contributed by atoms with Gasteiger partial charge < -0.3 is 19.2 Å². The molecular formula is C19H20N2O4S. The van der Waals surface area contributed by atoms with Gasteiger partial charge in [-0.05, 0) is 37.3 Å². The predicted molar refractivity (Wildman–Crippen MR) is 98.8 cm³/mol. The highest BCUT2D eigenvalue weighted by Crippen LogP contribution is 2.29. The SMILES string of the molecule is COc1cc(C(=O)NC(C)Cc2ccco2)ccc1OCc1cscn1. The van der Waals surface area contributed by atoms with Gasteiger partial charge in [-0.25, -0.2) is 4.98 Å². The molecule has 2 aromatic heterocycles. The van der Waals surface area contributed by atoms with Crippen LogP contribution in [0.25, 0.3) is 0 Å². The molecule has 0 saturated carbocycles. The third-order valence-electron chi connectivity index (χ3n) is 3.75. The standard InChI is InChI=1S/C19H20N2O4S/c1-13(8-16-4-3-7-24-16)21-19(22)14-5-6-17(18(9-14)23-2)25-10-15-11-26-12-20-15/h3-7,9,11-13H,8,10H2,1-2H3,(H,21,22). The lowest BCUT2D eigenvalue weighted by molar-refractivity contribution is 0.0939. The molecular weight excluding hydrogens is 352 g/mol. The molecule has 0 aliphatic heterocycles. The lowest BCUT2D eigenvalue weighted by Gasteiger charge is -2.14. The monoisotopic (exact) mass is 372 g/mol. The maximum Gasteiger partial charge on any atom is 0.251 e. The molecule has 0 aliphatic carbocycles. The molecule has 0 saturated heterocycles. The van der Waals surface area contributed by atoms with Crippen molar-refractivity contribution in [3.8, 4) is 11.5 Å². The largest absolute Gasteiger partial charge is 0.493 e. The molecule has 3 aromatic rings. The summed E-state index contributed by atoms with van der Waals surface area (Å²) in [4.78, 5) is 16.6. The van der Waals surface area contributed by atoms with E-state index in [0.29, 0.717) is 30.1 Å². The first-order valence-corrected chi connectivity index (χ1v) is 9.11. The molecule has 7 heteroatoms. The molecule has 6 nitrogen and oxygen atoms in total. The maximum absolute atomic E-state index is 12.5. The molecule has 1 N–H and O–H groups in total. The Morgan fingerprint density at radius 2 is 2.23 bits per heavy atom. The summed E-state index contributed by atoms with van der Waals surface area (Å²) in [6, 6.07) is 8.79. The fraction of sp³-hybridized carbons (Fsp3) is 0.263. The summed E-state index contributed by atoms with van der Waals surface area (Å²) in [6.07, 6.45) is 2.25. The van der Waals surface area contributed by atoms with Gasteiger partial charge in [-0.3, -0.25) is 4.79 Å². The minimum Gasteiger partial charge on any atom is -0.493 e. The van der Waals surface area contributed by atoms with Crippen molar-refractivity contribution >= 4 is 17.2 Å². The molecule has 2 heterocycles. The van der Waals surface area contributed by atoms with E-state index in [4.69, 9.17) is 13.9 Å². The first-order chi connectivity index (χ1) is 12.7. The summed E-state index contributed by atoms with van der Waals surface area (Å²) < 4.78 is 16.4. The van der Waals surface area contributed by atoms with E-state index in [0.717, 1.165) is 11.5 Å². The molecule has 0 fully saturated rings. The number of nitrogens with one attached hydrogen (secondary N) is 1. The second-order valence-corrected chi connectivity index (χ2v) is 6.51. The molecule has 3 rings (SSSR count). The zero-order valence-electron chi connectivity index (χ0n) is 14.6. The van der Waals surface area contributed by atoms with Gasteiger partial charge in [0.15, 0.2) is 11.5 Å². The van der Waals surface area contributed by atoms with Crippen molar-refractivity contribution in [2.45, 2.75) is 26.0 Å². The van der Waals surface area contributed by atoms with Crippen LogP contribution in [0, 0.1) is 0 Å². The Kier molecular flexibility index (Phi) is 5.91. The number of ether oxygens (including phenoxy) is 2. The molecule has 1 unspecified atom stereocenters. The van der Waals surface area contributed by atoms with Crippen LogP contribution in [0.15, 0.2) is 51.9 Å². The zero-order valence-corrected chi connectivity index (χ0v) is 15.4. The summed E-state index contributed by atoms with van der Waals surface area (Å²) in [7, 11) is 1.55. The van der Waals surface area contributed by atoms with Gasteiger partial charge in [-0.15, -0.1) is 11.3 Å². The van der Waals surface area contributed by atoms with Crippen LogP contribution in [0.2, 0.25) is 0 Å². The van der Waals surface area contributed by atoms with E-state index in [1.165, 1.54) is 11.3 Å². The van der Waals surface area contributed by atoms with Crippen molar-refractivity contribution < 1.29 is 18.7 Å². The molecule has 1 aromatic carbocycles. The van der Waals surface area contributed by atoms with Gasteiger partial charge >= 0.3 is 0 Å². The van der Waals surface area contributed by atoms with E-state index >= 15 is 0 Å². The number of rotatable bonds is 8. The Bertz CT molecular complexity index is 831. The lowest BCUT2D eigenvalue weighted by Crippen LogP contribution is -2.34. The quantitative estimate of drug-likeness (QED) is 0.653.